The predicted molar refractivity (Wildman–Crippen MR) is 47.7 cm³/mol. The Morgan fingerprint density at radius 3 is 2.47 bits per heavy atom. The van der Waals surface area contributed by atoms with Gasteiger partial charge in [-0.3, -0.25) is 0 Å². The Hall–Kier alpha value is -1.41. The third-order valence-electron chi connectivity index (χ3n) is 1.67. The van der Waals surface area contributed by atoms with Crippen molar-refractivity contribution in [2.75, 3.05) is 5.73 Å². The molecule has 82 valence electrons. The first kappa shape index (κ1) is 10.1. The molecule has 0 saturated heterocycles. The zero-order valence-corrected chi connectivity index (χ0v) is 8.39. The number of nitrogens with two attached hydrogens (primary N) is 1. The predicted octanol–water partition coefficient (Wildman–Crippen LogP) is 0.783. The van der Waals surface area contributed by atoms with Crippen molar-refractivity contribution in [3.8, 4) is 17.2 Å². The molecule has 0 fully saturated rings. The van der Waals surface area contributed by atoms with Crippen LogP contribution in [0.3, 0.4) is 0 Å². The van der Waals surface area contributed by atoms with Crippen LogP contribution in [-0.2, 0) is 10.4 Å². The monoisotopic (exact) mass is 255 g/mol. The molecule has 0 bridgehead atoms. The van der Waals surface area contributed by atoms with Gasteiger partial charge < -0.3 is 19.2 Å². The first-order chi connectivity index (χ1) is 6.83. The molecule has 1 heterocycles. The number of fused-ring (bicyclic) bond motifs is 1. The molecule has 2 rings (SSSR count). The molecule has 0 aromatic heterocycles. The van der Waals surface area contributed by atoms with E-state index in [4.69, 9.17) is 22.4 Å². The molecule has 0 saturated carbocycles. The lowest BCUT2D eigenvalue weighted by Gasteiger charge is -2.04. The van der Waals surface area contributed by atoms with E-state index < -0.39 is 44.2 Å². The summed E-state index contributed by atoms with van der Waals surface area (Å²) in [6.45, 7) is 0. The number of nitrogen functional groups attached to an aromatic ring is 1. The zero-order chi connectivity index (χ0) is 11.4. The van der Waals surface area contributed by atoms with Crippen LogP contribution in [-0.4, -0.2) is 13.5 Å². The van der Waals surface area contributed by atoms with Crippen molar-refractivity contribution in [2.24, 2.45) is 0 Å². The second-order valence-corrected chi connectivity index (χ2v) is 4.15. The van der Waals surface area contributed by atoms with Gasteiger partial charge in [0.2, 0.25) is 17.3 Å². The van der Waals surface area contributed by atoms with Gasteiger partial charge in [0.1, 0.15) is 10.7 Å². The van der Waals surface area contributed by atoms with Gasteiger partial charge in [0.25, 0.3) is 0 Å². The summed E-state index contributed by atoms with van der Waals surface area (Å²) in [5.41, 5.74) is 4.89. The summed E-state index contributed by atoms with van der Waals surface area (Å²) in [5.74, 6) is -3.69. The Balaban J connectivity index is 2.80. The standard InChI is InChI=1S/C6H3ClFNO5S/c7-1-3(9)6-5(2(8)4(1)10)13-15(11,12)14-6/h10H,9H2. The van der Waals surface area contributed by atoms with Crippen LogP contribution in [0.2, 0.25) is 5.02 Å². The van der Waals surface area contributed by atoms with Gasteiger partial charge in [0, 0.05) is 0 Å². The lowest BCUT2D eigenvalue weighted by atomic mass is 10.2. The maximum atomic E-state index is 13.2. The lowest BCUT2D eigenvalue weighted by Crippen LogP contribution is -2.08. The van der Waals surface area contributed by atoms with Crippen molar-refractivity contribution in [1.82, 2.24) is 0 Å². The van der Waals surface area contributed by atoms with E-state index in [1.165, 1.54) is 0 Å². The normalized spacial score (nSPS) is 16.7. The number of rotatable bonds is 0. The minimum atomic E-state index is -4.37. The molecule has 0 spiro atoms. The van der Waals surface area contributed by atoms with Gasteiger partial charge in [-0.25, -0.2) is 0 Å². The molecule has 0 aliphatic carbocycles. The maximum Gasteiger partial charge on any atom is 0.501 e. The van der Waals surface area contributed by atoms with Crippen LogP contribution in [0.4, 0.5) is 10.1 Å². The van der Waals surface area contributed by atoms with Gasteiger partial charge in [0.15, 0.2) is 5.75 Å². The Bertz CT molecular complexity index is 514. The van der Waals surface area contributed by atoms with Gasteiger partial charge in [-0.1, -0.05) is 11.6 Å². The van der Waals surface area contributed by atoms with E-state index >= 15 is 0 Å². The molecule has 1 aromatic rings. The second kappa shape index (κ2) is 2.80. The molecule has 0 atom stereocenters. The highest BCUT2D eigenvalue weighted by molar-refractivity contribution is 7.82. The Morgan fingerprint density at radius 2 is 1.87 bits per heavy atom. The number of anilines is 1. The molecule has 0 unspecified atom stereocenters. The van der Waals surface area contributed by atoms with Gasteiger partial charge in [0.05, 0.1) is 0 Å². The Morgan fingerprint density at radius 1 is 1.33 bits per heavy atom. The number of phenols is 1. The quantitative estimate of drug-likeness (QED) is 0.665. The third-order valence-corrected chi connectivity index (χ3v) is 2.80. The summed E-state index contributed by atoms with van der Waals surface area (Å²) in [4.78, 5) is 0. The molecule has 1 aromatic carbocycles. The van der Waals surface area contributed by atoms with Gasteiger partial charge in [-0.15, -0.1) is 8.42 Å². The lowest BCUT2D eigenvalue weighted by molar-refractivity contribution is 0.410. The van der Waals surface area contributed by atoms with Crippen molar-refractivity contribution in [3.63, 3.8) is 0 Å². The van der Waals surface area contributed by atoms with Crippen molar-refractivity contribution in [3.05, 3.63) is 10.8 Å². The molecule has 0 radical (unpaired) electrons. The highest BCUT2D eigenvalue weighted by atomic mass is 35.5. The number of hydrogen-bond acceptors (Lipinski definition) is 6. The van der Waals surface area contributed by atoms with Crippen LogP contribution < -0.4 is 14.1 Å². The van der Waals surface area contributed by atoms with E-state index in [1.54, 1.807) is 0 Å². The molecule has 0 amide bonds. The van der Waals surface area contributed by atoms with E-state index in [2.05, 4.69) is 8.37 Å². The summed E-state index contributed by atoms with van der Waals surface area (Å²) in [5, 5.41) is 8.57. The molecule has 15 heavy (non-hydrogen) atoms. The van der Waals surface area contributed by atoms with Crippen molar-refractivity contribution < 1.29 is 26.3 Å². The van der Waals surface area contributed by atoms with Gasteiger partial charge in [-0.2, -0.15) is 4.39 Å². The molecule has 1 aliphatic heterocycles. The smallest absolute Gasteiger partial charge is 0.501 e. The summed E-state index contributed by atoms with van der Waals surface area (Å²) in [6.07, 6.45) is 0. The zero-order valence-electron chi connectivity index (χ0n) is 6.82. The number of benzene rings is 1. The third kappa shape index (κ3) is 1.33. The van der Waals surface area contributed by atoms with Crippen LogP contribution in [0.5, 0.6) is 17.2 Å². The maximum absolute atomic E-state index is 13.2. The Labute approximate surface area is 88.3 Å². The largest absolute Gasteiger partial charge is 0.504 e. The topological polar surface area (TPSA) is 98.9 Å². The van der Waals surface area contributed by atoms with Gasteiger partial charge in [-0.05, 0) is 0 Å². The van der Waals surface area contributed by atoms with Crippen LogP contribution in [0.15, 0.2) is 0 Å². The highest BCUT2D eigenvalue weighted by Crippen LogP contribution is 2.50. The van der Waals surface area contributed by atoms with Crippen molar-refractivity contribution >= 4 is 27.7 Å². The first-order valence-corrected chi connectivity index (χ1v) is 5.18. The summed E-state index contributed by atoms with van der Waals surface area (Å²) in [6, 6.07) is 0. The average molecular weight is 256 g/mol. The first-order valence-electron chi connectivity index (χ1n) is 3.47. The SMILES string of the molecule is Nc1c(Cl)c(O)c(F)c2c1OS(=O)(=O)O2. The highest BCUT2D eigenvalue weighted by Gasteiger charge is 2.37. The average Bonchev–Trinajstić information content (AvgIpc) is 2.48. The van der Waals surface area contributed by atoms with Gasteiger partial charge >= 0.3 is 10.4 Å². The summed E-state index contributed by atoms with van der Waals surface area (Å²) >= 11 is 5.41. The number of aromatic hydroxyl groups is 1. The minimum absolute atomic E-state index is 0.411. The van der Waals surface area contributed by atoms with Crippen molar-refractivity contribution in [1.29, 1.82) is 0 Å². The molecule has 6 nitrogen and oxygen atoms in total. The van der Waals surface area contributed by atoms with E-state index in [-0.39, 0.29) is 0 Å². The summed E-state index contributed by atoms with van der Waals surface area (Å²) in [7, 11) is -4.37. The van der Waals surface area contributed by atoms with E-state index in [9.17, 15) is 12.8 Å². The van der Waals surface area contributed by atoms with E-state index in [0.29, 0.717) is 0 Å². The van der Waals surface area contributed by atoms with E-state index in [0.717, 1.165) is 0 Å². The van der Waals surface area contributed by atoms with E-state index in [1.807, 2.05) is 0 Å². The minimum Gasteiger partial charge on any atom is -0.504 e. The van der Waals surface area contributed by atoms with Crippen LogP contribution in [0.25, 0.3) is 0 Å². The molecular weight excluding hydrogens is 253 g/mol. The fourth-order valence-corrected chi connectivity index (χ4v) is 1.96. The fourth-order valence-electron chi connectivity index (χ4n) is 1.03. The molecular formula is C6H3ClFNO5S. The Kier molecular flexibility index (Phi) is 1.89. The number of phenolic OH excluding ortho intramolecular Hbond substituents is 1. The van der Waals surface area contributed by atoms with Crippen LogP contribution >= 0.6 is 11.6 Å². The van der Waals surface area contributed by atoms with Crippen LogP contribution in [0.1, 0.15) is 0 Å². The van der Waals surface area contributed by atoms with Crippen molar-refractivity contribution in [2.45, 2.75) is 0 Å². The summed E-state index contributed by atoms with van der Waals surface area (Å²) < 4.78 is 43.2. The number of hydrogen-bond donors (Lipinski definition) is 2. The fraction of sp³-hybridized carbons (Fsp3) is 0. The second-order valence-electron chi connectivity index (χ2n) is 2.62. The molecule has 9 heteroatoms. The molecule has 3 N–H and O–H groups in total. The molecule has 1 aliphatic rings. The van der Waals surface area contributed by atoms with Crippen LogP contribution in [0, 0.1) is 5.82 Å². The number of halogens is 2.